The van der Waals surface area contributed by atoms with Gasteiger partial charge in [-0.3, -0.25) is 0 Å². The molecule has 6 heteroatoms. The van der Waals surface area contributed by atoms with Gasteiger partial charge in [0.05, 0.1) is 11.7 Å². The van der Waals surface area contributed by atoms with Gasteiger partial charge in [-0.1, -0.05) is 15.9 Å². The third-order valence-electron chi connectivity index (χ3n) is 1.83. The summed E-state index contributed by atoms with van der Waals surface area (Å²) < 4.78 is 37.7. The second-order valence-corrected chi connectivity index (χ2v) is 4.37. The van der Waals surface area contributed by atoms with Crippen LogP contribution < -0.4 is 5.32 Å². The fourth-order valence-electron chi connectivity index (χ4n) is 1.12. The number of hydrogen-bond donors (Lipinski definition) is 2. The first-order valence-corrected chi connectivity index (χ1v) is 5.38. The van der Waals surface area contributed by atoms with Gasteiger partial charge in [0, 0.05) is 16.7 Å². The third-order valence-corrected chi connectivity index (χ3v) is 2.28. The lowest BCUT2D eigenvalue weighted by atomic mass is 10.2. The number of aliphatic hydroxyl groups excluding tert-OH is 1. The number of halogens is 4. The second-order valence-electron chi connectivity index (χ2n) is 3.46. The molecule has 0 saturated carbocycles. The van der Waals surface area contributed by atoms with Crippen LogP contribution >= 0.6 is 15.9 Å². The maximum atomic E-state index is 12.4. The van der Waals surface area contributed by atoms with Gasteiger partial charge in [-0.15, -0.1) is 0 Å². The lowest BCUT2D eigenvalue weighted by molar-refractivity contribution is -0.137. The van der Waals surface area contributed by atoms with Gasteiger partial charge in [0.15, 0.2) is 0 Å². The monoisotopic (exact) mass is 297 g/mol. The van der Waals surface area contributed by atoms with Gasteiger partial charge in [-0.2, -0.15) is 13.2 Å². The molecule has 0 unspecified atom stereocenters. The van der Waals surface area contributed by atoms with E-state index in [4.69, 9.17) is 5.11 Å². The lowest BCUT2D eigenvalue weighted by Crippen LogP contribution is -2.16. The summed E-state index contributed by atoms with van der Waals surface area (Å²) in [7, 11) is 0. The Morgan fingerprint density at radius 1 is 1.38 bits per heavy atom. The van der Waals surface area contributed by atoms with Gasteiger partial charge in [0.2, 0.25) is 0 Å². The Bertz CT molecular complexity index is 366. The Labute approximate surface area is 99.6 Å². The van der Waals surface area contributed by atoms with E-state index in [1.807, 2.05) is 0 Å². The van der Waals surface area contributed by atoms with Gasteiger partial charge in [0.1, 0.15) is 0 Å². The van der Waals surface area contributed by atoms with Crippen molar-refractivity contribution >= 4 is 21.6 Å². The van der Waals surface area contributed by atoms with Crippen molar-refractivity contribution in [1.82, 2.24) is 0 Å². The number of aliphatic hydroxyl groups is 1. The van der Waals surface area contributed by atoms with Crippen LogP contribution in [0.4, 0.5) is 18.9 Å². The summed E-state index contributed by atoms with van der Waals surface area (Å²) in [6, 6.07) is 3.54. The summed E-state index contributed by atoms with van der Waals surface area (Å²) in [5, 5.41) is 11.7. The van der Waals surface area contributed by atoms with E-state index in [0.717, 1.165) is 12.1 Å². The molecule has 0 saturated heterocycles. The minimum absolute atomic E-state index is 0.202. The van der Waals surface area contributed by atoms with Crippen molar-refractivity contribution in [3.63, 3.8) is 0 Å². The molecule has 1 atom stereocenters. The molecule has 0 radical (unpaired) electrons. The summed E-state index contributed by atoms with van der Waals surface area (Å²) in [6.45, 7) is 1.75. The van der Waals surface area contributed by atoms with Gasteiger partial charge in [-0.05, 0) is 25.1 Å². The minimum Gasteiger partial charge on any atom is -0.392 e. The van der Waals surface area contributed by atoms with Crippen molar-refractivity contribution in [2.75, 3.05) is 11.9 Å². The Morgan fingerprint density at radius 2 is 2.00 bits per heavy atom. The number of nitrogens with one attached hydrogen (secondary N) is 1. The molecule has 0 fully saturated rings. The predicted octanol–water partition coefficient (Wildman–Crippen LogP) is 3.26. The molecule has 0 amide bonds. The topological polar surface area (TPSA) is 32.3 Å². The molecule has 0 aliphatic carbocycles. The van der Waals surface area contributed by atoms with Crippen molar-refractivity contribution in [2.45, 2.75) is 19.2 Å². The zero-order valence-corrected chi connectivity index (χ0v) is 10.1. The van der Waals surface area contributed by atoms with Crippen molar-refractivity contribution in [3.8, 4) is 0 Å². The molecular formula is C10H11BrF3NO. The number of hydrogen-bond acceptors (Lipinski definition) is 2. The van der Waals surface area contributed by atoms with Crippen LogP contribution in [0.5, 0.6) is 0 Å². The molecule has 0 aliphatic heterocycles. The zero-order valence-electron chi connectivity index (χ0n) is 8.48. The van der Waals surface area contributed by atoms with Crippen LogP contribution in [0.1, 0.15) is 12.5 Å². The average Bonchev–Trinajstić information content (AvgIpc) is 2.12. The molecule has 0 heterocycles. The molecule has 2 nitrogen and oxygen atoms in total. The Hall–Kier alpha value is -0.750. The van der Waals surface area contributed by atoms with Crippen LogP contribution in [0.25, 0.3) is 0 Å². The number of benzene rings is 1. The van der Waals surface area contributed by atoms with Crippen LogP contribution in [0.2, 0.25) is 0 Å². The largest absolute Gasteiger partial charge is 0.416 e. The van der Waals surface area contributed by atoms with Crippen LogP contribution in [0, 0.1) is 0 Å². The number of alkyl halides is 3. The van der Waals surface area contributed by atoms with E-state index >= 15 is 0 Å². The average molecular weight is 298 g/mol. The molecular weight excluding hydrogens is 287 g/mol. The molecule has 1 rings (SSSR count). The quantitative estimate of drug-likeness (QED) is 0.897. The summed E-state index contributed by atoms with van der Waals surface area (Å²) in [5.74, 6) is 0. The molecule has 2 N–H and O–H groups in total. The Balaban J connectivity index is 2.90. The van der Waals surface area contributed by atoms with E-state index in [2.05, 4.69) is 21.2 Å². The highest BCUT2D eigenvalue weighted by Crippen LogP contribution is 2.33. The fraction of sp³-hybridized carbons (Fsp3) is 0.400. The number of anilines is 1. The lowest BCUT2D eigenvalue weighted by Gasteiger charge is -2.12. The van der Waals surface area contributed by atoms with Crippen LogP contribution in [0.15, 0.2) is 22.7 Å². The second kappa shape index (κ2) is 5.05. The first kappa shape index (κ1) is 13.3. The molecule has 1 aromatic rings. The van der Waals surface area contributed by atoms with Crippen molar-refractivity contribution < 1.29 is 18.3 Å². The molecule has 0 aromatic heterocycles. The smallest absolute Gasteiger partial charge is 0.392 e. The fourth-order valence-corrected chi connectivity index (χ4v) is 1.61. The summed E-state index contributed by atoms with van der Waals surface area (Å²) >= 11 is 3.01. The highest BCUT2D eigenvalue weighted by molar-refractivity contribution is 9.10. The normalized spacial score (nSPS) is 13.6. The van der Waals surface area contributed by atoms with Crippen LogP contribution in [0.3, 0.4) is 0 Å². The van der Waals surface area contributed by atoms with Gasteiger partial charge in [0.25, 0.3) is 0 Å². The van der Waals surface area contributed by atoms with E-state index in [1.54, 1.807) is 6.92 Å². The van der Waals surface area contributed by atoms with E-state index in [-0.39, 0.29) is 6.54 Å². The summed E-state index contributed by atoms with van der Waals surface area (Å²) in [6.07, 6.45) is -4.99. The molecule has 1 aromatic carbocycles. The van der Waals surface area contributed by atoms with Gasteiger partial charge >= 0.3 is 6.18 Å². The highest BCUT2D eigenvalue weighted by atomic mass is 79.9. The first-order chi connectivity index (χ1) is 7.29. The van der Waals surface area contributed by atoms with Crippen LogP contribution in [-0.4, -0.2) is 17.8 Å². The highest BCUT2D eigenvalue weighted by Gasteiger charge is 2.31. The zero-order chi connectivity index (χ0) is 12.3. The third kappa shape index (κ3) is 4.02. The van der Waals surface area contributed by atoms with E-state index < -0.39 is 17.8 Å². The molecule has 16 heavy (non-hydrogen) atoms. The Morgan fingerprint density at radius 3 is 2.50 bits per heavy atom. The molecule has 0 bridgehead atoms. The molecule has 0 aliphatic rings. The minimum atomic E-state index is -4.37. The van der Waals surface area contributed by atoms with Crippen molar-refractivity contribution in [3.05, 3.63) is 28.2 Å². The predicted molar refractivity (Wildman–Crippen MR) is 59.3 cm³/mol. The van der Waals surface area contributed by atoms with Crippen LogP contribution in [-0.2, 0) is 6.18 Å². The molecule has 0 spiro atoms. The first-order valence-electron chi connectivity index (χ1n) is 4.59. The van der Waals surface area contributed by atoms with Crippen molar-refractivity contribution in [2.24, 2.45) is 0 Å². The standard InChI is InChI=1S/C10H11BrF3NO/c1-6(16)5-15-9-3-7(10(12,13)14)2-8(11)4-9/h2-4,6,15-16H,5H2,1H3/t6-/m0/s1. The summed E-state index contributed by atoms with van der Waals surface area (Å²) in [4.78, 5) is 0. The maximum absolute atomic E-state index is 12.4. The molecule has 90 valence electrons. The SMILES string of the molecule is C[C@H](O)CNc1cc(Br)cc(C(F)(F)F)c1. The van der Waals surface area contributed by atoms with Crippen molar-refractivity contribution in [1.29, 1.82) is 0 Å². The number of rotatable bonds is 3. The van der Waals surface area contributed by atoms with Gasteiger partial charge < -0.3 is 10.4 Å². The van der Waals surface area contributed by atoms with E-state index in [1.165, 1.54) is 6.07 Å². The van der Waals surface area contributed by atoms with E-state index in [9.17, 15) is 13.2 Å². The summed E-state index contributed by atoms with van der Waals surface area (Å²) in [5.41, 5.74) is -0.405. The Kier molecular flexibility index (Phi) is 4.21. The van der Waals surface area contributed by atoms with Gasteiger partial charge in [-0.25, -0.2) is 0 Å². The van der Waals surface area contributed by atoms with E-state index in [0.29, 0.717) is 10.2 Å². The maximum Gasteiger partial charge on any atom is 0.416 e.